The van der Waals surface area contributed by atoms with Gasteiger partial charge >= 0.3 is 0 Å². The summed E-state index contributed by atoms with van der Waals surface area (Å²) in [6.45, 7) is 0.313. The van der Waals surface area contributed by atoms with E-state index in [9.17, 15) is 9.50 Å². The third kappa shape index (κ3) is 2.84. The fourth-order valence-corrected chi connectivity index (χ4v) is 1.62. The van der Waals surface area contributed by atoms with Crippen LogP contribution in [0.25, 0.3) is 0 Å². The van der Waals surface area contributed by atoms with Gasteiger partial charge in [0, 0.05) is 23.9 Å². The van der Waals surface area contributed by atoms with Gasteiger partial charge in [-0.3, -0.25) is 0 Å². The smallest absolute Gasteiger partial charge is 0.143 e. The third-order valence-corrected chi connectivity index (χ3v) is 2.78. The number of halogens is 2. The van der Waals surface area contributed by atoms with Gasteiger partial charge in [-0.1, -0.05) is 11.6 Å². The van der Waals surface area contributed by atoms with E-state index in [0.717, 1.165) is 0 Å². The minimum absolute atomic E-state index is 0.00575. The van der Waals surface area contributed by atoms with E-state index in [1.54, 1.807) is 12.1 Å². The standard InChI is InChI=1S/C13H11ClFNO2/c14-11-4-2-9(5-12(11)15)16-7-8-1-3-10(17)6-13(8)18/h1-6,16-18H,7H2. The Bertz CT molecular complexity index is 575. The first-order valence-corrected chi connectivity index (χ1v) is 5.64. The Morgan fingerprint density at radius 2 is 1.89 bits per heavy atom. The Hall–Kier alpha value is -1.94. The number of anilines is 1. The van der Waals surface area contributed by atoms with E-state index in [2.05, 4.69) is 5.32 Å². The largest absolute Gasteiger partial charge is 0.508 e. The molecule has 0 radical (unpaired) electrons. The normalized spacial score (nSPS) is 10.3. The van der Waals surface area contributed by atoms with Crippen LogP contribution in [0.2, 0.25) is 5.02 Å². The van der Waals surface area contributed by atoms with Gasteiger partial charge in [-0.15, -0.1) is 0 Å². The summed E-state index contributed by atoms with van der Waals surface area (Å²) in [5.74, 6) is -0.526. The number of rotatable bonds is 3. The van der Waals surface area contributed by atoms with Crippen molar-refractivity contribution in [3.05, 3.63) is 52.8 Å². The Morgan fingerprint density at radius 1 is 1.11 bits per heavy atom. The van der Waals surface area contributed by atoms with Gasteiger partial charge in [-0.05, 0) is 30.3 Å². The van der Waals surface area contributed by atoms with Crippen molar-refractivity contribution in [3.8, 4) is 11.5 Å². The van der Waals surface area contributed by atoms with Crippen molar-refractivity contribution in [2.75, 3.05) is 5.32 Å². The molecule has 3 N–H and O–H groups in total. The molecule has 0 aromatic heterocycles. The monoisotopic (exact) mass is 267 g/mol. The van der Waals surface area contributed by atoms with Gasteiger partial charge in [0.15, 0.2) is 0 Å². The fraction of sp³-hybridized carbons (Fsp3) is 0.0769. The lowest BCUT2D eigenvalue weighted by Gasteiger charge is -2.09. The third-order valence-electron chi connectivity index (χ3n) is 2.47. The van der Waals surface area contributed by atoms with E-state index in [1.807, 2.05) is 0 Å². The van der Waals surface area contributed by atoms with Crippen LogP contribution in [0.4, 0.5) is 10.1 Å². The topological polar surface area (TPSA) is 52.5 Å². The number of aromatic hydroxyl groups is 2. The molecule has 0 heterocycles. The number of nitrogens with one attached hydrogen (secondary N) is 1. The molecular weight excluding hydrogens is 257 g/mol. The summed E-state index contributed by atoms with van der Waals surface area (Å²) in [6.07, 6.45) is 0. The Balaban J connectivity index is 2.09. The van der Waals surface area contributed by atoms with E-state index in [4.69, 9.17) is 16.7 Å². The van der Waals surface area contributed by atoms with E-state index in [-0.39, 0.29) is 16.5 Å². The van der Waals surface area contributed by atoms with Crippen LogP contribution in [0, 0.1) is 5.82 Å². The van der Waals surface area contributed by atoms with Crippen molar-refractivity contribution in [1.29, 1.82) is 0 Å². The zero-order chi connectivity index (χ0) is 13.1. The fourth-order valence-electron chi connectivity index (χ4n) is 1.51. The summed E-state index contributed by atoms with van der Waals surface area (Å²) in [5.41, 5.74) is 1.16. The number of hydrogen-bond acceptors (Lipinski definition) is 3. The minimum Gasteiger partial charge on any atom is -0.508 e. The SMILES string of the molecule is Oc1ccc(CNc2ccc(Cl)c(F)c2)c(O)c1. The van der Waals surface area contributed by atoms with Crippen LogP contribution < -0.4 is 5.32 Å². The summed E-state index contributed by atoms with van der Waals surface area (Å²) < 4.78 is 13.2. The molecule has 3 nitrogen and oxygen atoms in total. The summed E-state index contributed by atoms with van der Waals surface area (Å²) in [4.78, 5) is 0. The van der Waals surface area contributed by atoms with E-state index in [0.29, 0.717) is 17.8 Å². The highest BCUT2D eigenvalue weighted by Gasteiger charge is 2.04. The molecule has 0 fully saturated rings. The molecule has 0 aliphatic heterocycles. The summed E-state index contributed by atoms with van der Waals surface area (Å²) in [5, 5.41) is 21.7. The Kier molecular flexibility index (Phi) is 3.58. The number of benzene rings is 2. The molecule has 2 rings (SSSR count). The molecule has 0 saturated carbocycles. The van der Waals surface area contributed by atoms with Crippen molar-refractivity contribution in [2.45, 2.75) is 6.54 Å². The number of phenols is 2. The highest BCUT2D eigenvalue weighted by molar-refractivity contribution is 6.30. The molecule has 2 aromatic carbocycles. The van der Waals surface area contributed by atoms with Crippen molar-refractivity contribution >= 4 is 17.3 Å². The van der Waals surface area contributed by atoms with E-state index < -0.39 is 5.82 Å². The molecule has 5 heteroatoms. The van der Waals surface area contributed by atoms with Crippen LogP contribution in [0.3, 0.4) is 0 Å². The maximum Gasteiger partial charge on any atom is 0.143 e. The Morgan fingerprint density at radius 3 is 2.56 bits per heavy atom. The molecule has 0 saturated heterocycles. The maximum atomic E-state index is 13.2. The van der Waals surface area contributed by atoms with Crippen molar-refractivity contribution in [2.24, 2.45) is 0 Å². The molecule has 2 aromatic rings. The average molecular weight is 268 g/mol. The van der Waals surface area contributed by atoms with Gasteiger partial charge < -0.3 is 15.5 Å². The lowest BCUT2D eigenvalue weighted by Crippen LogP contribution is -2.00. The highest BCUT2D eigenvalue weighted by atomic mass is 35.5. The Labute approximate surface area is 108 Å². The predicted octanol–water partition coefficient (Wildman–Crippen LogP) is 3.50. The summed E-state index contributed by atoms with van der Waals surface area (Å²) in [7, 11) is 0. The highest BCUT2D eigenvalue weighted by Crippen LogP contribution is 2.24. The van der Waals surface area contributed by atoms with Crippen LogP contribution >= 0.6 is 11.6 Å². The first-order valence-electron chi connectivity index (χ1n) is 5.26. The summed E-state index contributed by atoms with van der Waals surface area (Å²) in [6, 6.07) is 8.68. The minimum atomic E-state index is -0.503. The van der Waals surface area contributed by atoms with Gasteiger partial charge in [0.05, 0.1) is 5.02 Å². The first kappa shape index (κ1) is 12.5. The molecule has 0 atom stereocenters. The molecule has 0 amide bonds. The second-order valence-corrected chi connectivity index (χ2v) is 4.20. The van der Waals surface area contributed by atoms with Gasteiger partial charge in [-0.25, -0.2) is 4.39 Å². The molecule has 94 valence electrons. The molecule has 0 aliphatic rings. The molecule has 0 aliphatic carbocycles. The molecule has 18 heavy (non-hydrogen) atoms. The van der Waals surface area contributed by atoms with Crippen LogP contribution in [0.15, 0.2) is 36.4 Å². The van der Waals surface area contributed by atoms with Gasteiger partial charge in [-0.2, -0.15) is 0 Å². The van der Waals surface area contributed by atoms with Crippen LogP contribution in [-0.2, 0) is 6.54 Å². The maximum absolute atomic E-state index is 13.2. The number of phenolic OH excluding ortho intramolecular Hbond substituents is 2. The van der Waals surface area contributed by atoms with Crippen molar-refractivity contribution in [3.63, 3.8) is 0 Å². The lowest BCUT2D eigenvalue weighted by molar-refractivity contribution is 0.446. The molecule has 0 bridgehead atoms. The first-order chi connectivity index (χ1) is 8.56. The molecule has 0 unspecified atom stereocenters. The van der Waals surface area contributed by atoms with Crippen LogP contribution in [-0.4, -0.2) is 10.2 Å². The summed E-state index contributed by atoms with van der Waals surface area (Å²) >= 11 is 5.57. The lowest BCUT2D eigenvalue weighted by atomic mass is 10.2. The zero-order valence-corrected chi connectivity index (χ0v) is 10.1. The van der Waals surface area contributed by atoms with Gasteiger partial charge in [0.1, 0.15) is 17.3 Å². The second-order valence-electron chi connectivity index (χ2n) is 3.80. The number of hydrogen-bond donors (Lipinski definition) is 3. The van der Waals surface area contributed by atoms with Crippen molar-refractivity contribution in [1.82, 2.24) is 0 Å². The average Bonchev–Trinajstić information content (AvgIpc) is 2.32. The predicted molar refractivity (Wildman–Crippen MR) is 68.5 cm³/mol. The van der Waals surface area contributed by atoms with E-state index in [1.165, 1.54) is 24.3 Å². The second kappa shape index (κ2) is 5.14. The van der Waals surface area contributed by atoms with Crippen LogP contribution in [0.1, 0.15) is 5.56 Å². The molecule has 0 spiro atoms. The quantitative estimate of drug-likeness (QED) is 0.798. The van der Waals surface area contributed by atoms with Gasteiger partial charge in [0.25, 0.3) is 0 Å². The van der Waals surface area contributed by atoms with Crippen LogP contribution in [0.5, 0.6) is 11.5 Å². The zero-order valence-electron chi connectivity index (χ0n) is 9.32. The van der Waals surface area contributed by atoms with E-state index >= 15 is 0 Å². The van der Waals surface area contributed by atoms with Crippen molar-refractivity contribution < 1.29 is 14.6 Å². The molecular formula is C13H11ClFNO2. The van der Waals surface area contributed by atoms with Gasteiger partial charge in [0.2, 0.25) is 0 Å².